The van der Waals surface area contributed by atoms with E-state index in [2.05, 4.69) is 48.5 Å². The van der Waals surface area contributed by atoms with Gasteiger partial charge in [-0.25, -0.2) is 0 Å². The first-order valence-electron chi connectivity index (χ1n) is 11.4. The second kappa shape index (κ2) is 11.9. The third kappa shape index (κ3) is 8.40. The molecule has 0 fully saturated rings. The van der Waals surface area contributed by atoms with Crippen molar-refractivity contribution in [2.24, 2.45) is 0 Å². The molecule has 0 saturated heterocycles. The highest BCUT2D eigenvalue weighted by Gasteiger charge is 2.37. The van der Waals surface area contributed by atoms with Gasteiger partial charge in [0.1, 0.15) is 10.6 Å². The minimum absolute atomic E-state index is 0.0417. The zero-order chi connectivity index (χ0) is 27.1. The molecule has 0 bridgehead atoms. The minimum Gasteiger partial charge on any atom is -0.379 e. The van der Waals surface area contributed by atoms with Crippen LogP contribution < -0.4 is 4.18 Å². The number of rotatable bonds is 5. The smallest absolute Gasteiger partial charge is 0.379 e. The van der Waals surface area contributed by atoms with Crippen molar-refractivity contribution in [3.05, 3.63) is 120 Å². The van der Waals surface area contributed by atoms with Crippen molar-refractivity contribution in [3.8, 4) is 5.75 Å². The molecule has 0 heterocycles. The normalized spacial score (nSPS) is 11.8. The first-order chi connectivity index (χ1) is 17.4. The lowest BCUT2D eigenvalue weighted by molar-refractivity contribution is -0.139. The molecule has 0 aliphatic carbocycles. The molecule has 4 rings (SSSR count). The van der Waals surface area contributed by atoms with Crippen molar-refractivity contribution >= 4 is 21.9 Å². The van der Waals surface area contributed by atoms with Crippen molar-refractivity contribution < 1.29 is 25.8 Å². The largest absolute Gasteiger partial charge is 0.417 e. The van der Waals surface area contributed by atoms with Crippen LogP contribution >= 0.6 is 11.8 Å². The summed E-state index contributed by atoms with van der Waals surface area (Å²) >= 11 is 1.79. The Labute approximate surface area is 220 Å². The van der Waals surface area contributed by atoms with Crippen LogP contribution in [-0.4, -0.2) is 8.42 Å². The molecule has 0 N–H and O–H groups in total. The van der Waals surface area contributed by atoms with Gasteiger partial charge in [-0.3, -0.25) is 0 Å². The van der Waals surface area contributed by atoms with Gasteiger partial charge >= 0.3 is 16.3 Å². The van der Waals surface area contributed by atoms with Crippen LogP contribution in [0.3, 0.4) is 0 Å². The van der Waals surface area contributed by atoms with E-state index in [1.165, 1.54) is 28.0 Å². The summed E-state index contributed by atoms with van der Waals surface area (Å²) in [7, 11) is -4.60. The SMILES string of the molecule is CC(C)(C)c1ccc(OS(=O)(=O)c2ccccc2C(F)(F)F)cc1.c1ccc(Sc2ccccc2)cc1. The van der Waals surface area contributed by atoms with Crippen molar-refractivity contribution in [2.75, 3.05) is 0 Å². The first-order valence-corrected chi connectivity index (χ1v) is 13.6. The summed E-state index contributed by atoms with van der Waals surface area (Å²) in [5.74, 6) is -0.0417. The predicted molar refractivity (Wildman–Crippen MR) is 141 cm³/mol. The van der Waals surface area contributed by atoms with E-state index in [1.807, 2.05) is 32.9 Å². The van der Waals surface area contributed by atoms with Crippen LogP contribution in [0.25, 0.3) is 0 Å². The Morgan fingerprint density at radius 1 is 0.649 bits per heavy atom. The molecule has 4 aromatic rings. The van der Waals surface area contributed by atoms with E-state index in [0.717, 1.165) is 17.7 Å². The maximum absolute atomic E-state index is 13.0. The molecule has 0 unspecified atom stereocenters. The predicted octanol–water partition coefficient (Wildman–Crippen LogP) is 8.61. The van der Waals surface area contributed by atoms with Gasteiger partial charge in [-0.1, -0.05) is 93.2 Å². The second-order valence-corrected chi connectivity index (χ2v) is 11.7. The molecule has 0 aliphatic rings. The van der Waals surface area contributed by atoms with Gasteiger partial charge in [-0.2, -0.15) is 21.6 Å². The molecule has 0 amide bonds. The molecule has 4 aromatic carbocycles. The summed E-state index contributed by atoms with van der Waals surface area (Å²) in [6.07, 6.45) is -4.79. The van der Waals surface area contributed by atoms with E-state index in [1.54, 1.807) is 23.9 Å². The number of halogens is 3. The fourth-order valence-corrected chi connectivity index (χ4v) is 5.23. The zero-order valence-electron chi connectivity index (χ0n) is 20.6. The monoisotopic (exact) mass is 544 g/mol. The van der Waals surface area contributed by atoms with Gasteiger partial charge in [0, 0.05) is 9.79 Å². The number of benzene rings is 4. The number of alkyl halides is 3. The first kappa shape index (κ1) is 28.3. The summed E-state index contributed by atoms with van der Waals surface area (Å²) in [5, 5.41) is 0. The van der Waals surface area contributed by atoms with Crippen LogP contribution in [0.2, 0.25) is 0 Å². The van der Waals surface area contributed by atoms with Gasteiger partial charge in [0.05, 0.1) is 5.56 Å². The molecule has 0 aliphatic heterocycles. The summed E-state index contributed by atoms with van der Waals surface area (Å²) in [5.41, 5.74) is -0.445. The van der Waals surface area contributed by atoms with Gasteiger partial charge in [-0.05, 0) is 59.5 Å². The van der Waals surface area contributed by atoms with E-state index >= 15 is 0 Å². The minimum atomic E-state index is -4.79. The summed E-state index contributed by atoms with van der Waals surface area (Å²) in [4.78, 5) is 1.67. The van der Waals surface area contributed by atoms with Crippen molar-refractivity contribution in [1.82, 2.24) is 0 Å². The molecule has 0 saturated carbocycles. The van der Waals surface area contributed by atoms with Crippen LogP contribution in [0.5, 0.6) is 5.75 Å². The van der Waals surface area contributed by atoms with E-state index in [0.29, 0.717) is 6.07 Å². The highest BCUT2D eigenvalue weighted by Crippen LogP contribution is 2.35. The van der Waals surface area contributed by atoms with Crippen molar-refractivity contribution in [1.29, 1.82) is 0 Å². The standard InChI is InChI=1S/C17H17F3O3S.C12H10S/c1-16(2,3)12-8-10-13(11-9-12)23-24(21,22)15-7-5-4-6-14(15)17(18,19)20;1-3-7-11(8-4-1)13-12-9-5-2-6-10-12/h4-11H,1-3H3;1-10H. The van der Waals surface area contributed by atoms with Gasteiger partial charge in [0.2, 0.25) is 0 Å². The van der Waals surface area contributed by atoms with Crippen LogP contribution in [0.4, 0.5) is 13.2 Å². The molecule has 3 nitrogen and oxygen atoms in total. The van der Waals surface area contributed by atoms with Crippen LogP contribution in [0.15, 0.2) is 124 Å². The Bertz CT molecular complexity index is 1340. The van der Waals surface area contributed by atoms with E-state index in [9.17, 15) is 21.6 Å². The fourth-order valence-electron chi connectivity index (χ4n) is 3.21. The van der Waals surface area contributed by atoms with E-state index in [4.69, 9.17) is 4.18 Å². The topological polar surface area (TPSA) is 43.4 Å². The van der Waals surface area contributed by atoms with Crippen LogP contribution in [-0.2, 0) is 21.7 Å². The highest BCUT2D eigenvalue weighted by atomic mass is 32.2. The maximum atomic E-state index is 13.0. The fraction of sp³-hybridized carbons (Fsp3) is 0.172. The lowest BCUT2D eigenvalue weighted by Gasteiger charge is -2.19. The Morgan fingerprint density at radius 3 is 1.57 bits per heavy atom. The average Bonchev–Trinajstić information content (AvgIpc) is 2.85. The van der Waals surface area contributed by atoms with Gasteiger partial charge in [0.25, 0.3) is 0 Å². The molecule has 194 valence electrons. The third-order valence-corrected chi connectivity index (χ3v) is 7.43. The molecule has 0 spiro atoms. The highest BCUT2D eigenvalue weighted by molar-refractivity contribution is 7.99. The van der Waals surface area contributed by atoms with Crippen LogP contribution in [0, 0.1) is 0 Å². The van der Waals surface area contributed by atoms with Gasteiger partial charge in [0.15, 0.2) is 0 Å². The summed E-state index contributed by atoms with van der Waals surface area (Å²) < 4.78 is 68.3. The quantitative estimate of drug-likeness (QED) is 0.236. The molecule has 0 aromatic heterocycles. The molecule has 0 radical (unpaired) electrons. The number of hydrogen-bond acceptors (Lipinski definition) is 4. The zero-order valence-corrected chi connectivity index (χ0v) is 22.2. The van der Waals surface area contributed by atoms with Crippen LogP contribution in [0.1, 0.15) is 31.9 Å². The lowest BCUT2D eigenvalue weighted by Crippen LogP contribution is -2.17. The Hall–Kier alpha value is -3.23. The summed E-state index contributed by atoms with van der Waals surface area (Å²) in [6.45, 7) is 5.96. The lowest BCUT2D eigenvalue weighted by atomic mass is 9.87. The maximum Gasteiger partial charge on any atom is 0.417 e. The number of hydrogen-bond donors (Lipinski definition) is 0. The van der Waals surface area contributed by atoms with E-state index in [-0.39, 0.29) is 11.2 Å². The van der Waals surface area contributed by atoms with Gasteiger partial charge < -0.3 is 4.18 Å². The van der Waals surface area contributed by atoms with Crippen molar-refractivity contribution in [2.45, 2.75) is 47.0 Å². The molecule has 8 heteroatoms. The summed E-state index contributed by atoms with van der Waals surface area (Å²) in [6, 6.07) is 30.9. The molecule has 37 heavy (non-hydrogen) atoms. The molecular formula is C29H27F3O3S2. The Balaban J connectivity index is 0.000000244. The van der Waals surface area contributed by atoms with E-state index < -0.39 is 26.8 Å². The third-order valence-electron chi connectivity index (χ3n) is 5.11. The molecule has 0 atom stereocenters. The van der Waals surface area contributed by atoms with Crippen molar-refractivity contribution in [3.63, 3.8) is 0 Å². The van der Waals surface area contributed by atoms with Gasteiger partial charge in [-0.15, -0.1) is 0 Å². The average molecular weight is 545 g/mol. The molecular weight excluding hydrogens is 517 g/mol. The Morgan fingerprint density at radius 2 is 1.11 bits per heavy atom. The Kier molecular flexibility index (Phi) is 9.10. The second-order valence-electron chi connectivity index (χ2n) is 9.03.